The minimum absolute atomic E-state index is 0.224. The third kappa shape index (κ3) is 2.70. The van der Waals surface area contributed by atoms with Crippen LogP contribution in [-0.4, -0.2) is 18.1 Å². The molecule has 0 amide bonds. The van der Waals surface area contributed by atoms with Crippen molar-refractivity contribution < 1.29 is 13.5 Å². The highest BCUT2D eigenvalue weighted by atomic mass is 19.3. The van der Waals surface area contributed by atoms with E-state index in [0.29, 0.717) is 13.0 Å². The van der Waals surface area contributed by atoms with Gasteiger partial charge in [0, 0.05) is 18.4 Å². The maximum atomic E-state index is 12.7. The van der Waals surface area contributed by atoms with Crippen LogP contribution in [0.15, 0.2) is 30.3 Å². The summed E-state index contributed by atoms with van der Waals surface area (Å²) in [5, 5.41) is 0. The monoisotopic (exact) mass is 227 g/mol. The van der Waals surface area contributed by atoms with Crippen molar-refractivity contribution in [2.45, 2.75) is 30.7 Å². The molecule has 0 unspecified atom stereocenters. The SMILES string of the molecule is NC1(CCOc2ccccc2)CC(F)(F)C1. The zero-order valence-electron chi connectivity index (χ0n) is 8.96. The molecular weight excluding hydrogens is 212 g/mol. The Morgan fingerprint density at radius 3 is 2.38 bits per heavy atom. The summed E-state index contributed by atoms with van der Waals surface area (Å²) in [7, 11) is 0. The first kappa shape index (κ1) is 11.3. The number of para-hydroxylation sites is 1. The summed E-state index contributed by atoms with van der Waals surface area (Å²) in [4.78, 5) is 0. The molecule has 1 saturated carbocycles. The smallest absolute Gasteiger partial charge is 0.251 e. The van der Waals surface area contributed by atoms with Gasteiger partial charge in [0.05, 0.1) is 6.61 Å². The minimum Gasteiger partial charge on any atom is -0.494 e. The average molecular weight is 227 g/mol. The van der Waals surface area contributed by atoms with Crippen molar-refractivity contribution in [3.8, 4) is 5.75 Å². The van der Waals surface area contributed by atoms with E-state index in [9.17, 15) is 8.78 Å². The Balaban J connectivity index is 1.73. The molecule has 4 heteroatoms. The van der Waals surface area contributed by atoms with E-state index in [1.807, 2.05) is 30.3 Å². The quantitative estimate of drug-likeness (QED) is 0.858. The lowest BCUT2D eigenvalue weighted by atomic mass is 9.72. The number of alkyl halides is 2. The molecule has 0 aromatic heterocycles. The van der Waals surface area contributed by atoms with Crippen LogP contribution in [0.25, 0.3) is 0 Å². The van der Waals surface area contributed by atoms with E-state index in [0.717, 1.165) is 5.75 Å². The summed E-state index contributed by atoms with van der Waals surface area (Å²) in [5.41, 5.74) is 5.04. The maximum Gasteiger partial charge on any atom is 0.251 e. The molecule has 1 aliphatic rings. The molecule has 88 valence electrons. The van der Waals surface area contributed by atoms with E-state index in [2.05, 4.69) is 0 Å². The third-order valence-corrected chi connectivity index (χ3v) is 2.83. The Labute approximate surface area is 93.4 Å². The van der Waals surface area contributed by atoms with E-state index in [1.165, 1.54) is 0 Å². The third-order valence-electron chi connectivity index (χ3n) is 2.83. The first-order valence-corrected chi connectivity index (χ1v) is 5.34. The second-order valence-electron chi connectivity index (χ2n) is 4.48. The minimum atomic E-state index is -2.57. The van der Waals surface area contributed by atoms with Gasteiger partial charge in [0.15, 0.2) is 0 Å². The molecule has 0 aliphatic heterocycles. The number of nitrogens with two attached hydrogens (primary N) is 1. The molecule has 0 radical (unpaired) electrons. The van der Waals surface area contributed by atoms with E-state index in [1.54, 1.807) is 0 Å². The van der Waals surface area contributed by atoms with Gasteiger partial charge in [-0.3, -0.25) is 0 Å². The Morgan fingerprint density at radius 2 is 1.81 bits per heavy atom. The Morgan fingerprint density at radius 1 is 1.19 bits per heavy atom. The molecule has 2 rings (SSSR count). The van der Waals surface area contributed by atoms with E-state index < -0.39 is 11.5 Å². The molecule has 1 aromatic carbocycles. The van der Waals surface area contributed by atoms with Crippen LogP contribution >= 0.6 is 0 Å². The van der Waals surface area contributed by atoms with Gasteiger partial charge in [-0.15, -0.1) is 0 Å². The average Bonchev–Trinajstić information content (AvgIpc) is 2.16. The first-order chi connectivity index (χ1) is 7.49. The van der Waals surface area contributed by atoms with Crippen LogP contribution in [0.4, 0.5) is 8.78 Å². The number of hydrogen-bond acceptors (Lipinski definition) is 2. The molecule has 0 spiro atoms. The molecule has 0 saturated heterocycles. The summed E-state index contributed by atoms with van der Waals surface area (Å²) in [6, 6.07) is 9.29. The lowest BCUT2D eigenvalue weighted by molar-refractivity contribution is -0.126. The van der Waals surface area contributed by atoms with Crippen LogP contribution in [0.1, 0.15) is 19.3 Å². The Bertz CT molecular complexity index is 345. The second-order valence-corrected chi connectivity index (χ2v) is 4.48. The van der Waals surface area contributed by atoms with Gasteiger partial charge in [-0.25, -0.2) is 8.78 Å². The molecule has 16 heavy (non-hydrogen) atoms. The Hall–Kier alpha value is -1.16. The van der Waals surface area contributed by atoms with Gasteiger partial charge in [-0.1, -0.05) is 18.2 Å². The van der Waals surface area contributed by atoms with Gasteiger partial charge >= 0.3 is 0 Å². The van der Waals surface area contributed by atoms with Crippen LogP contribution in [0.2, 0.25) is 0 Å². The van der Waals surface area contributed by atoms with Crippen molar-refractivity contribution >= 4 is 0 Å². The summed E-state index contributed by atoms with van der Waals surface area (Å²) in [6.45, 7) is 0.386. The summed E-state index contributed by atoms with van der Waals surface area (Å²) in [5.74, 6) is -1.82. The largest absolute Gasteiger partial charge is 0.494 e. The van der Waals surface area contributed by atoms with Crippen molar-refractivity contribution in [2.75, 3.05) is 6.61 Å². The summed E-state index contributed by atoms with van der Waals surface area (Å²) >= 11 is 0. The standard InChI is InChI=1S/C12H15F2NO/c13-12(14)8-11(15,9-12)6-7-16-10-4-2-1-3-5-10/h1-5H,6-9,15H2. The maximum absolute atomic E-state index is 12.7. The fourth-order valence-electron chi connectivity index (χ4n) is 2.04. The van der Waals surface area contributed by atoms with Gasteiger partial charge in [0.1, 0.15) is 5.75 Å². The van der Waals surface area contributed by atoms with Crippen LogP contribution in [0.3, 0.4) is 0 Å². The van der Waals surface area contributed by atoms with Crippen LogP contribution < -0.4 is 10.5 Å². The summed E-state index contributed by atoms with van der Waals surface area (Å²) in [6.07, 6.45) is 0.0216. The van der Waals surface area contributed by atoms with Gasteiger partial charge < -0.3 is 10.5 Å². The van der Waals surface area contributed by atoms with Gasteiger partial charge in [0.25, 0.3) is 5.92 Å². The van der Waals surface area contributed by atoms with Crippen LogP contribution in [-0.2, 0) is 0 Å². The van der Waals surface area contributed by atoms with E-state index in [4.69, 9.17) is 10.5 Å². The van der Waals surface area contributed by atoms with Crippen LogP contribution in [0.5, 0.6) is 5.75 Å². The highest BCUT2D eigenvalue weighted by molar-refractivity contribution is 5.20. The second kappa shape index (κ2) is 4.01. The predicted molar refractivity (Wildman–Crippen MR) is 57.7 cm³/mol. The van der Waals surface area contributed by atoms with Crippen LogP contribution in [0, 0.1) is 0 Å². The molecule has 0 bridgehead atoms. The molecule has 0 atom stereocenters. The lowest BCUT2D eigenvalue weighted by Crippen LogP contribution is -2.58. The highest BCUT2D eigenvalue weighted by Crippen LogP contribution is 2.45. The van der Waals surface area contributed by atoms with E-state index >= 15 is 0 Å². The van der Waals surface area contributed by atoms with Gasteiger partial charge in [0.2, 0.25) is 0 Å². The number of benzene rings is 1. The zero-order valence-corrected chi connectivity index (χ0v) is 8.96. The molecule has 2 nitrogen and oxygen atoms in total. The van der Waals surface area contributed by atoms with Crippen molar-refractivity contribution in [1.29, 1.82) is 0 Å². The summed E-state index contributed by atoms with van der Waals surface area (Å²) < 4.78 is 30.7. The van der Waals surface area contributed by atoms with Crippen molar-refractivity contribution in [3.63, 3.8) is 0 Å². The number of halogens is 2. The molecule has 0 heterocycles. The van der Waals surface area contributed by atoms with Crippen molar-refractivity contribution in [3.05, 3.63) is 30.3 Å². The van der Waals surface area contributed by atoms with E-state index in [-0.39, 0.29) is 12.8 Å². The zero-order chi connectivity index (χ0) is 11.6. The molecule has 1 aromatic rings. The van der Waals surface area contributed by atoms with Crippen molar-refractivity contribution in [2.24, 2.45) is 5.73 Å². The molecule has 1 aliphatic carbocycles. The fourth-order valence-corrected chi connectivity index (χ4v) is 2.04. The molecular formula is C12H15F2NO. The fraction of sp³-hybridized carbons (Fsp3) is 0.500. The number of hydrogen-bond donors (Lipinski definition) is 1. The Kier molecular flexibility index (Phi) is 2.84. The first-order valence-electron chi connectivity index (χ1n) is 5.34. The predicted octanol–water partition coefficient (Wildman–Crippen LogP) is 2.58. The number of ether oxygens (including phenoxy) is 1. The normalized spacial score (nSPS) is 21.2. The van der Waals surface area contributed by atoms with Crippen molar-refractivity contribution in [1.82, 2.24) is 0 Å². The lowest BCUT2D eigenvalue weighted by Gasteiger charge is -2.44. The molecule has 1 fully saturated rings. The van der Waals surface area contributed by atoms with Gasteiger partial charge in [-0.05, 0) is 18.6 Å². The highest BCUT2D eigenvalue weighted by Gasteiger charge is 2.53. The topological polar surface area (TPSA) is 35.2 Å². The van der Waals surface area contributed by atoms with Gasteiger partial charge in [-0.2, -0.15) is 0 Å². The number of rotatable bonds is 4. The molecule has 2 N–H and O–H groups in total.